The second-order valence-corrected chi connectivity index (χ2v) is 6.92. The predicted octanol–water partition coefficient (Wildman–Crippen LogP) is 1.78. The van der Waals surface area contributed by atoms with E-state index >= 15 is 0 Å². The molecule has 0 saturated carbocycles. The number of carbonyl (C=O) groups excluding carboxylic acids is 1. The van der Waals surface area contributed by atoms with Crippen molar-refractivity contribution >= 4 is 5.91 Å². The zero-order chi connectivity index (χ0) is 16.3. The Balaban J connectivity index is 1.92. The molecule has 22 heavy (non-hydrogen) atoms. The molecule has 1 saturated heterocycles. The van der Waals surface area contributed by atoms with E-state index < -0.39 is 0 Å². The summed E-state index contributed by atoms with van der Waals surface area (Å²) < 4.78 is 0. The van der Waals surface area contributed by atoms with Crippen molar-refractivity contribution in [2.45, 2.75) is 40.2 Å². The number of likely N-dealkylation sites (tertiary alicyclic amines) is 1. The molecule has 1 aliphatic heterocycles. The van der Waals surface area contributed by atoms with E-state index in [1.807, 2.05) is 6.92 Å². The van der Waals surface area contributed by atoms with Crippen molar-refractivity contribution in [3.63, 3.8) is 0 Å². The molecule has 1 aromatic heterocycles. The SMILES string of the molecule is Cc1ccc(C(=O)NC(C)CN2CC(C)CC(C)C2)c(=O)[nH]1. The van der Waals surface area contributed by atoms with Crippen LogP contribution in [0.4, 0.5) is 0 Å². The fraction of sp³-hybridized carbons (Fsp3) is 0.647. The molecular weight excluding hydrogens is 278 g/mol. The summed E-state index contributed by atoms with van der Waals surface area (Å²) in [5.41, 5.74) is 0.605. The summed E-state index contributed by atoms with van der Waals surface area (Å²) in [7, 11) is 0. The van der Waals surface area contributed by atoms with Gasteiger partial charge in [0.2, 0.25) is 0 Å². The van der Waals surface area contributed by atoms with Gasteiger partial charge in [0.1, 0.15) is 5.56 Å². The number of nitrogens with zero attached hydrogens (tertiary/aromatic N) is 1. The lowest BCUT2D eigenvalue weighted by Crippen LogP contribution is -2.47. The average Bonchev–Trinajstić information content (AvgIpc) is 2.36. The number of aryl methyl sites for hydroxylation is 1. The summed E-state index contributed by atoms with van der Waals surface area (Å²) in [5, 5.41) is 2.93. The largest absolute Gasteiger partial charge is 0.348 e. The van der Waals surface area contributed by atoms with Gasteiger partial charge in [0.05, 0.1) is 0 Å². The summed E-state index contributed by atoms with van der Waals surface area (Å²) in [5.74, 6) is 1.10. The molecule has 1 aromatic rings. The van der Waals surface area contributed by atoms with Gasteiger partial charge in [0.15, 0.2) is 0 Å². The topological polar surface area (TPSA) is 65.2 Å². The first-order valence-corrected chi connectivity index (χ1v) is 8.08. The van der Waals surface area contributed by atoms with Gasteiger partial charge in [0.25, 0.3) is 11.5 Å². The highest BCUT2D eigenvalue weighted by molar-refractivity contribution is 5.93. The fourth-order valence-corrected chi connectivity index (χ4v) is 3.43. The van der Waals surface area contributed by atoms with Gasteiger partial charge in [-0.15, -0.1) is 0 Å². The van der Waals surface area contributed by atoms with Crippen LogP contribution in [0.1, 0.15) is 43.2 Å². The molecular formula is C17H27N3O2. The van der Waals surface area contributed by atoms with Gasteiger partial charge in [-0.2, -0.15) is 0 Å². The molecule has 0 radical (unpaired) electrons. The second kappa shape index (κ2) is 7.09. The van der Waals surface area contributed by atoms with Gasteiger partial charge in [-0.3, -0.25) is 9.59 Å². The maximum atomic E-state index is 12.2. The first kappa shape index (κ1) is 16.7. The van der Waals surface area contributed by atoms with E-state index in [0.29, 0.717) is 11.8 Å². The Labute approximate surface area is 132 Å². The lowest BCUT2D eigenvalue weighted by atomic mass is 9.92. The summed E-state index contributed by atoms with van der Waals surface area (Å²) in [6.07, 6.45) is 1.27. The van der Waals surface area contributed by atoms with Crippen LogP contribution in [-0.4, -0.2) is 41.5 Å². The Bertz CT molecular complexity index is 572. The van der Waals surface area contributed by atoms with E-state index in [2.05, 4.69) is 29.0 Å². The Hall–Kier alpha value is -1.62. The Morgan fingerprint density at radius 3 is 2.59 bits per heavy atom. The van der Waals surface area contributed by atoms with Crippen molar-refractivity contribution in [1.29, 1.82) is 0 Å². The second-order valence-electron chi connectivity index (χ2n) is 6.92. The van der Waals surface area contributed by atoms with Crippen molar-refractivity contribution in [3.05, 3.63) is 33.7 Å². The van der Waals surface area contributed by atoms with Crippen LogP contribution in [0.5, 0.6) is 0 Å². The van der Waals surface area contributed by atoms with Gasteiger partial charge in [0, 0.05) is 31.4 Å². The highest BCUT2D eigenvalue weighted by Crippen LogP contribution is 2.20. The number of pyridine rings is 1. The van der Waals surface area contributed by atoms with Crippen molar-refractivity contribution < 1.29 is 4.79 Å². The number of hydrogen-bond acceptors (Lipinski definition) is 3. The molecule has 5 nitrogen and oxygen atoms in total. The Kier molecular flexibility index (Phi) is 5.40. The minimum absolute atomic E-state index is 0.0192. The van der Waals surface area contributed by atoms with E-state index in [-0.39, 0.29) is 23.1 Å². The molecule has 0 spiro atoms. The zero-order valence-electron chi connectivity index (χ0n) is 14.0. The number of piperidine rings is 1. The van der Waals surface area contributed by atoms with Crippen LogP contribution in [0.15, 0.2) is 16.9 Å². The predicted molar refractivity (Wildman–Crippen MR) is 88.1 cm³/mol. The summed E-state index contributed by atoms with van der Waals surface area (Å²) in [4.78, 5) is 29.1. The first-order valence-electron chi connectivity index (χ1n) is 8.08. The van der Waals surface area contributed by atoms with Crippen LogP contribution in [0.25, 0.3) is 0 Å². The number of aromatic amines is 1. The number of aromatic nitrogens is 1. The Morgan fingerprint density at radius 1 is 1.36 bits per heavy atom. The molecule has 1 aliphatic rings. The van der Waals surface area contributed by atoms with E-state index in [0.717, 1.165) is 25.3 Å². The molecule has 2 N–H and O–H groups in total. The van der Waals surface area contributed by atoms with E-state index in [4.69, 9.17) is 0 Å². The highest BCUT2D eigenvalue weighted by Gasteiger charge is 2.23. The number of nitrogens with one attached hydrogen (secondary N) is 2. The monoisotopic (exact) mass is 305 g/mol. The van der Waals surface area contributed by atoms with Crippen LogP contribution >= 0.6 is 0 Å². The molecule has 1 amide bonds. The summed E-state index contributed by atoms with van der Waals surface area (Å²) in [6.45, 7) is 11.3. The number of amides is 1. The molecule has 0 aromatic carbocycles. The van der Waals surface area contributed by atoms with Crippen molar-refractivity contribution in [1.82, 2.24) is 15.2 Å². The lowest BCUT2D eigenvalue weighted by molar-refractivity contribution is 0.0903. The molecule has 1 fully saturated rings. The van der Waals surface area contributed by atoms with Gasteiger partial charge >= 0.3 is 0 Å². The third kappa shape index (κ3) is 4.44. The summed E-state index contributed by atoms with van der Waals surface area (Å²) in [6, 6.07) is 3.35. The van der Waals surface area contributed by atoms with E-state index in [9.17, 15) is 9.59 Å². The Morgan fingerprint density at radius 2 is 2.00 bits per heavy atom. The smallest absolute Gasteiger partial charge is 0.260 e. The first-order chi connectivity index (χ1) is 10.3. The van der Waals surface area contributed by atoms with Crippen LogP contribution in [0.2, 0.25) is 0 Å². The standard InChI is InChI=1S/C17H27N3O2/c1-11-7-12(2)9-20(8-11)10-14(4)19-17(22)15-6-5-13(3)18-16(15)21/h5-6,11-12,14H,7-10H2,1-4H3,(H,18,21)(H,19,22). The number of carbonyl (C=O) groups is 1. The molecule has 5 heteroatoms. The third-order valence-corrected chi connectivity index (χ3v) is 4.15. The van der Waals surface area contributed by atoms with Gasteiger partial charge in [-0.25, -0.2) is 0 Å². The zero-order valence-corrected chi connectivity index (χ0v) is 14.0. The van der Waals surface area contributed by atoms with Crippen LogP contribution in [-0.2, 0) is 0 Å². The lowest BCUT2D eigenvalue weighted by Gasteiger charge is -2.36. The molecule has 0 aliphatic carbocycles. The molecule has 2 rings (SSSR count). The number of hydrogen-bond donors (Lipinski definition) is 2. The minimum Gasteiger partial charge on any atom is -0.348 e. The highest BCUT2D eigenvalue weighted by atomic mass is 16.2. The van der Waals surface area contributed by atoms with E-state index in [1.165, 1.54) is 6.42 Å². The third-order valence-electron chi connectivity index (χ3n) is 4.15. The maximum Gasteiger partial charge on any atom is 0.260 e. The van der Waals surface area contributed by atoms with Crippen molar-refractivity contribution in [3.8, 4) is 0 Å². The van der Waals surface area contributed by atoms with Crippen molar-refractivity contribution in [2.24, 2.45) is 11.8 Å². The van der Waals surface area contributed by atoms with Gasteiger partial charge in [-0.05, 0) is 44.2 Å². The van der Waals surface area contributed by atoms with Crippen LogP contribution in [0, 0.1) is 18.8 Å². The van der Waals surface area contributed by atoms with Gasteiger partial charge in [-0.1, -0.05) is 13.8 Å². The van der Waals surface area contributed by atoms with Gasteiger partial charge < -0.3 is 15.2 Å². The fourth-order valence-electron chi connectivity index (χ4n) is 3.43. The van der Waals surface area contributed by atoms with Crippen LogP contribution < -0.4 is 10.9 Å². The number of H-pyrrole nitrogens is 1. The summed E-state index contributed by atoms with van der Waals surface area (Å²) >= 11 is 0. The van der Waals surface area contributed by atoms with Crippen molar-refractivity contribution in [2.75, 3.05) is 19.6 Å². The average molecular weight is 305 g/mol. The molecule has 3 atom stereocenters. The van der Waals surface area contributed by atoms with Crippen LogP contribution in [0.3, 0.4) is 0 Å². The molecule has 2 heterocycles. The minimum atomic E-state index is -0.329. The van der Waals surface area contributed by atoms with E-state index in [1.54, 1.807) is 19.1 Å². The quantitative estimate of drug-likeness (QED) is 0.891. The molecule has 122 valence electrons. The maximum absolute atomic E-state index is 12.2. The molecule has 0 bridgehead atoms. The molecule has 3 unspecified atom stereocenters. The normalized spacial score (nSPS) is 24.0. The number of rotatable bonds is 4.